The number of fused-ring (bicyclic) bond motifs is 6. The Hall–Kier alpha value is -7.56. The van der Waals surface area contributed by atoms with E-state index in [1.165, 1.54) is 130 Å². The van der Waals surface area contributed by atoms with Gasteiger partial charge in [0, 0.05) is 43.7 Å². The second-order valence-electron chi connectivity index (χ2n) is 22.3. The molecular weight excluding hydrogens is 901 g/mol. The van der Waals surface area contributed by atoms with Gasteiger partial charge in [0.2, 0.25) is 0 Å². The lowest BCUT2D eigenvalue weighted by molar-refractivity contribution is 0.442. The first-order valence-corrected chi connectivity index (χ1v) is 27.8. The highest BCUT2D eigenvalue weighted by atomic mass is 16.3. The molecule has 0 atom stereocenters. The number of anilines is 6. The van der Waals surface area contributed by atoms with Gasteiger partial charge in [0.1, 0.15) is 11.2 Å². The Labute approximate surface area is 434 Å². The van der Waals surface area contributed by atoms with E-state index >= 15 is 0 Å². The van der Waals surface area contributed by atoms with Crippen molar-refractivity contribution in [3.63, 3.8) is 0 Å². The molecule has 0 bridgehead atoms. The summed E-state index contributed by atoms with van der Waals surface area (Å²) in [5.74, 6) is 1.56. The molecule has 12 aromatic rings. The fourth-order valence-corrected chi connectivity index (χ4v) is 13.8. The van der Waals surface area contributed by atoms with E-state index in [-0.39, 0.29) is 11.8 Å². The van der Waals surface area contributed by atoms with Gasteiger partial charge in [0.25, 0.3) is 0 Å². The summed E-state index contributed by atoms with van der Waals surface area (Å²) in [6, 6.07) is 63.8. The molecular formula is C70H64N2O2. The van der Waals surface area contributed by atoms with E-state index in [0.717, 1.165) is 67.2 Å². The van der Waals surface area contributed by atoms with E-state index < -0.39 is 0 Å². The molecule has 4 heteroatoms. The fraction of sp³-hybridized carbons (Fsp3) is 0.257. The Kier molecular flexibility index (Phi) is 11.0. The first-order valence-electron chi connectivity index (χ1n) is 27.8. The molecule has 10 aromatic carbocycles. The molecule has 2 fully saturated rings. The molecule has 0 radical (unpaired) electrons. The molecule has 0 unspecified atom stereocenters. The molecule has 366 valence electrons. The van der Waals surface area contributed by atoms with Crippen molar-refractivity contribution in [2.75, 3.05) is 9.80 Å². The average Bonchev–Trinajstić information content (AvgIpc) is 4.04. The van der Waals surface area contributed by atoms with Crippen LogP contribution < -0.4 is 9.80 Å². The molecule has 0 spiro atoms. The zero-order chi connectivity index (χ0) is 49.6. The van der Waals surface area contributed by atoms with Crippen molar-refractivity contribution < 1.29 is 8.83 Å². The number of para-hydroxylation sites is 6. The van der Waals surface area contributed by atoms with Gasteiger partial charge in [-0.05, 0) is 142 Å². The molecule has 2 heterocycles. The maximum atomic E-state index is 7.30. The second-order valence-corrected chi connectivity index (χ2v) is 22.3. The van der Waals surface area contributed by atoms with E-state index in [2.05, 4.69) is 207 Å². The molecule has 0 aliphatic heterocycles. The van der Waals surface area contributed by atoms with Crippen LogP contribution in [0.1, 0.15) is 138 Å². The molecule has 14 rings (SSSR count). The molecule has 2 saturated carbocycles. The minimum atomic E-state index is 0.255. The zero-order valence-corrected chi connectivity index (χ0v) is 43.3. The van der Waals surface area contributed by atoms with Crippen molar-refractivity contribution in [2.24, 2.45) is 0 Å². The van der Waals surface area contributed by atoms with Crippen LogP contribution in [0.5, 0.6) is 0 Å². The first-order chi connectivity index (χ1) is 36.4. The number of furan rings is 2. The molecule has 74 heavy (non-hydrogen) atoms. The van der Waals surface area contributed by atoms with Gasteiger partial charge >= 0.3 is 0 Å². The number of benzene rings is 10. The highest BCUT2D eigenvalue weighted by molar-refractivity contribution is 6.30. The molecule has 0 saturated heterocycles. The SMILES string of the molecule is CC(C)c1cc(N(c2ccccc2)c2cccc3c2oc2c(C4CCCCC4)cccc23)c2ccc3c(C(C)C)cc(N(c4ccccc4)c4cccc5c4oc4c(C6CCCCC6)cccc45)c4ccc1c2c34. The van der Waals surface area contributed by atoms with Gasteiger partial charge in [0.15, 0.2) is 11.2 Å². The number of hydrogen-bond donors (Lipinski definition) is 0. The van der Waals surface area contributed by atoms with Crippen molar-refractivity contribution in [2.45, 2.75) is 116 Å². The minimum Gasteiger partial charge on any atom is -0.454 e. The maximum absolute atomic E-state index is 7.30. The Balaban J connectivity index is 1.04. The molecule has 0 N–H and O–H groups in total. The topological polar surface area (TPSA) is 32.8 Å². The van der Waals surface area contributed by atoms with Crippen LogP contribution in [0, 0.1) is 0 Å². The van der Waals surface area contributed by atoms with Gasteiger partial charge in [0.05, 0.1) is 22.7 Å². The summed E-state index contributed by atoms with van der Waals surface area (Å²) in [4.78, 5) is 4.99. The minimum absolute atomic E-state index is 0.255. The molecule has 0 amide bonds. The quantitative estimate of drug-likeness (QED) is 0.128. The largest absolute Gasteiger partial charge is 0.454 e. The van der Waals surface area contributed by atoms with Gasteiger partial charge < -0.3 is 18.6 Å². The Morgan fingerprint density at radius 2 is 0.703 bits per heavy atom. The maximum Gasteiger partial charge on any atom is 0.159 e. The standard InChI is InChI=1S/C70H64N2O2/c1-43(2)59-41-63(71(47-25-13-7-14-26-47)61-35-19-33-55-53-31-17-29-49(67(53)73-69(55)61)45-21-9-5-10-22-45)57-40-38-52-60(44(3)4)42-64(58-39-37-51(59)65(57)66(52)58)72(48-27-15-8-16-28-48)62-36-20-34-56-54-32-18-30-50(68(54)74-70(56)62)46-23-11-6-12-24-46/h7-8,13-20,25-46H,5-6,9-12,21-24H2,1-4H3. The van der Waals surface area contributed by atoms with Crippen LogP contribution in [0.25, 0.3) is 76.2 Å². The third-order valence-corrected chi connectivity index (χ3v) is 17.3. The number of rotatable bonds is 10. The Bertz CT molecular complexity index is 3790. The van der Waals surface area contributed by atoms with Gasteiger partial charge in [-0.3, -0.25) is 0 Å². The van der Waals surface area contributed by atoms with Crippen LogP contribution in [-0.4, -0.2) is 0 Å². The van der Waals surface area contributed by atoms with Gasteiger partial charge in [-0.25, -0.2) is 0 Å². The van der Waals surface area contributed by atoms with E-state index in [4.69, 9.17) is 8.83 Å². The Morgan fingerprint density at radius 1 is 0.338 bits per heavy atom. The first kappa shape index (κ1) is 45.1. The summed E-state index contributed by atoms with van der Waals surface area (Å²) in [6.45, 7) is 9.41. The zero-order valence-electron chi connectivity index (χ0n) is 43.3. The van der Waals surface area contributed by atoms with E-state index in [1.54, 1.807) is 0 Å². The van der Waals surface area contributed by atoms with Crippen LogP contribution in [0.4, 0.5) is 34.1 Å². The van der Waals surface area contributed by atoms with E-state index in [0.29, 0.717) is 11.8 Å². The van der Waals surface area contributed by atoms with E-state index in [9.17, 15) is 0 Å². The predicted octanol–water partition coefficient (Wildman–Crippen LogP) is 21.7. The Morgan fingerprint density at radius 3 is 1.09 bits per heavy atom. The van der Waals surface area contributed by atoms with Crippen LogP contribution in [0.2, 0.25) is 0 Å². The van der Waals surface area contributed by atoms with Crippen molar-refractivity contribution in [1.29, 1.82) is 0 Å². The lowest BCUT2D eigenvalue weighted by atomic mass is 9.83. The lowest BCUT2D eigenvalue weighted by Gasteiger charge is -2.31. The van der Waals surface area contributed by atoms with Crippen LogP contribution in [0.3, 0.4) is 0 Å². The summed E-state index contributed by atoms with van der Waals surface area (Å²) < 4.78 is 14.6. The van der Waals surface area contributed by atoms with E-state index in [1.807, 2.05) is 0 Å². The van der Waals surface area contributed by atoms with Crippen LogP contribution >= 0.6 is 0 Å². The van der Waals surface area contributed by atoms with Crippen molar-refractivity contribution in [1.82, 2.24) is 0 Å². The van der Waals surface area contributed by atoms with Crippen molar-refractivity contribution >= 4 is 110 Å². The lowest BCUT2D eigenvalue weighted by Crippen LogP contribution is -2.13. The highest BCUT2D eigenvalue weighted by Crippen LogP contribution is 2.54. The summed E-state index contributed by atoms with van der Waals surface area (Å²) >= 11 is 0. The fourth-order valence-electron chi connectivity index (χ4n) is 13.8. The van der Waals surface area contributed by atoms with Crippen molar-refractivity contribution in [3.8, 4) is 0 Å². The number of nitrogens with zero attached hydrogens (tertiary/aromatic N) is 2. The third-order valence-electron chi connectivity index (χ3n) is 17.3. The summed E-state index contributed by atoms with van der Waals surface area (Å²) in [7, 11) is 0. The van der Waals surface area contributed by atoms with Gasteiger partial charge in [-0.1, -0.05) is 188 Å². The predicted molar refractivity (Wildman–Crippen MR) is 314 cm³/mol. The summed E-state index contributed by atoms with van der Waals surface area (Å²) in [6.07, 6.45) is 12.7. The average molecular weight is 965 g/mol. The third kappa shape index (κ3) is 7.15. The molecule has 2 aliphatic carbocycles. The second kappa shape index (κ2) is 18.1. The normalized spacial score (nSPS) is 15.2. The molecule has 2 aliphatic rings. The smallest absolute Gasteiger partial charge is 0.159 e. The summed E-state index contributed by atoms with van der Waals surface area (Å²) in [5.41, 5.74) is 15.9. The summed E-state index contributed by atoms with van der Waals surface area (Å²) in [5, 5.41) is 12.4. The highest BCUT2D eigenvalue weighted by Gasteiger charge is 2.30. The van der Waals surface area contributed by atoms with Crippen LogP contribution in [0.15, 0.2) is 179 Å². The monoisotopic (exact) mass is 964 g/mol. The van der Waals surface area contributed by atoms with Gasteiger partial charge in [-0.2, -0.15) is 0 Å². The molecule has 4 nitrogen and oxygen atoms in total. The number of hydrogen-bond acceptors (Lipinski definition) is 4. The van der Waals surface area contributed by atoms with Crippen LogP contribution in [-0.2, 0) is 0 Å². The molecule has 2 aromatic heterocycles. The van der Waals surface area contributed by atoms with Crippen molar-refractivity contribution in [3.05, 3.63) is 192 Å². The van der Waals surface area contributed by atoms with Gasteiger partial charge in [-0.15, -0.1) is 0 Å².